The zero-order chi connectivity index (χ0) is 14.3. The van der Waals surface area contributed by atoms with Gasteiger partial charge < -0.3 is 15.8 Å². The van der Waals surface area contributed by atoms with Gasteiger partial charge in [-0.05, 0) is 24.4 Å². The van der Waals surface area contributed by atoms with Gasteiger partial charge in [0.05, 0.1) is 6.61 Å². The number of carbonyl (C=O) groups excluding carboxylic acids is 2. The zero-order valence-electron chi connectivity index (χ0n) is 11.0. The number of urea groups is 1. The highest BCUT2D eigenvalue weighted by Gasteiger charge is 2.21. The van der Waals surface area contributed by atoms with Crippen molar-refractivity contribution in [2.75, 3.05) is 18.5 Å². The Hall–Kier alpha value is -1.83. The zero-order valence-corrected chi connectivity index (χ0v) is 11.8. The third-order valence-corrected chi connectivity index (χ3v) is 2.86. The second-order valence-electron chi connectivity index (χ2n) is 3.79. The van der Waals surface area contributed by atoms with Crippen molar-refractivity contribution in [2.45, 2.75) is 26.7 Å². The number of rotatable bonds is 7. The van der Waals surface area contributed by atoms with Crippen molar-refractivity contribution in [3.8, 4) is 5.88 Å². The fraction of sp³-hybridized carbons (Fsp3) is 0.545. The first-order chi connectivity index (χ1) is 9.10. The van der Waals surface area contributed by atoms with E-state index in [1.165, 1.54) is 0 Å². The average molecular weight is 286 g/mol. The normalized spacial score (nSPS) is 10.0. The number of nitrogens with zero attached hydrogens (tertiary/aromatic N) is 1. The molecule has 0 aromatic carbocycles. The Labute approximate surface area is 115 Å². The van der Waals surface area contributed by atoms with E-state index in [4.69, 9.17) is 10.5 Å². The molecule has 19 heavy (non-hydrogen) atoms. The van der Waals surface area contributed by atoms with Crippen LogP contribution in [0.3, 0.4) is 0 Å². The maximum absolute atomic E-state index is 11.5. The van der Waals surface area contributed by atoms with Gasteiger partial charge in [0, 0.05) is 6.54 Å². The van der Waals surface area contributed by atoms with E-state index in [-0.39, 0.29) is 11.4 Å². The van der Waals surface area contributed by atoms with Crippen molar-refractivity contribution in [3.05, 3.63) is 5.56 Å². The number of hydrogen-bond donors (Lipinski definition) is 3. The van der Waals surface area contributed by atoms with Gasteiger partial charge in [-0.2, -0.15) is 4.37 Å². The van der Waals surface area contributed by atoms with Crippen LogP contribution in [0.25, 0.3) is 0 Å². The summed E-state index contributed by atoms with van der Waals surface area (Å²) in [6.07, 6.45) is 1.61. The Bertz CT molecular complexity index is 447. The Morgan fingerprint density at radius 2 is 2.11 bits per heavy atom. The predicted molar refractivity (Wildman–Crippen MR) is 73.7 cm³/mol. The molecule has 0 radical (unpaired) electrons. The molecule has 106 valence electrons. The second-order valence-corrected chi connectivity index (χ2v) is 4.56. The first kappa shape index (κ1) is 15.2. The van der Waals surface area contributed by atoms with Gasteiger partial charge in [0.15, 0.2) is 0 Å². The van der Waals surface area contributed by atoms with Gasteiger partial charge in [0.1, 0.15) is 10.6 Å². The molecule has 3 amide bonds. The summed E-state index contributed by atoms with van der Waals surface area (Å²) in [5.41, 5.74) is 5.40. The maximum atomic E-state index is 11.5. The third kappa shape index (κ3) is 4.40. The van der Waals surface area contributed by atoms with Crippen molar-refractivity contribution in [1.29, 1.82) is 0 Å². The average Bonchev–Trinajstić information content (AvgIpc) is 2.76. The number of carbonyl (C=O) groups is 2. The Kier molecular flexibility index (Phi) is 6.07. The Balaban J connectivity index is 2.80. The molecule has 0 bridgehead atoms. The number of anilines is 1. The molecule has 0 saturated heterocycles. The molecule has 0 atom stereocenters. The van der Waals surface area contributed by atoms with Crippen LogP contribution in [0.4, 0.5) is 9.80 Å². The molecule has 0 fully saturated rings. The number of nitrogens with two attached hydrogens (primary N) is 1. The third-order valence-electron chi connectivity index (χ3n) is 2.11. The Morgan fingerprint density at radius 1 is 1.37 bits per heavy atom. The van der Waals surface area contributed by atoms with Crippen LogP contribution in [0.1, 0.15) is 37.0 Å². The monoisotopic (exact) mass is 286 g/mol. The highest BCUT2D eigenvalue weighted by Crippen LogP contribution is 2.30. The quantitative estimate of drug-likeness (QED) is 0.707. The van der Waals surface area contributed by atoms with Crippen LogP contribution < -0.4 is 21.1 Å². The number of aromatic nitrogens is 1. The van der Waals surface area contributed by atoms with Crippen LogP contribution >= 0.6 is 11.5 Å². The van der Waals surface area contributed by atoms with Gasteiger partial charge in [-0.15, -0.1) is 0 Å². The van der Waals surface area contributed by atoms with Crippen LogP contribution in [0.2, 0.25) is 0 Å². The summed E-state index contributed by atoms with van der Waals surface area (Å²) in [7, 11) is 0. The number of ether oxygens (including phenoxy) is 1. The van der Waals surface area contributed by atoms with Gasteiger partial charge in [-0.1, -0.05) is 13.8 Å². The first-order valence-electron chi connectivity index (χ1n) is 6.07. The van der Waals surface area contributed by atoms with E-state index < -0.39 is 11.9 Å². The van der Waals surface area contributed by atoms with Crippen LogP contribution in [0, 0.1) is 0 Å². The summed E-state index contributed by atoms with van der Waals surface area (Å²) in [5.74, 6) is -0.504. The van der Waals surface area contributed by atoms with E-state index in [1.807, 2.05) is 13.8 Å². The molecular weight excluding hydrogens is 268 g/mol. The summed E-state index contributed by atoms with van der Waals surface area (Å²) in [5, 5.41) is 5.48. The topological polar surface area (TPSA) is 106 Å². The summed E-state index contributed by atoms with van der Waals surface area (Å²) >= 11 is 0.969. The van der Waals surface area contributed by atoms with Crippen molar-refractivity contribution in [2.24, 2.45) is 5.73 Å². The lowest BCUT2D eigenvalue weighted by Crippen LogP contribution is -2.29. The van der Waals surface area contributed by atoms with Crippen LogP contribution in [0.5, 0.6) is 5.88 Å². The van der Waals surface area contributed by atoms with Gasteiger partial charge in [-0.25, -0.2) is 4.79 Å². The molecule has 8 heteroatoms. The van der Waals surface area contributed by atoms with E-state index in [0.29, 0.717) is 18.2 Å². The molecule has 1 aromatic rings. The molecule has 1 rings (SSSR count). The van der Waals surface area contributed by atoms with Gasteiger partial charge in [0.25, 0.3) is 5.91 Å². The summed E-state index contributed by atoms with van der Waals surface area (Å²) in [6.45, 7) is 4.87. The fourth-order valence-electron chi connectivity index (χ4n) is 1.26. The SMILES string of the molecule is CCCNC(=O)Nc1snc(OCCC)c1C(N)=O. The first-order valence-corrected chi connectivity index (χ1v) is 6.84. The van der Waals surface area contributed by atoms with Gasteiger partial charge >= 0.3 is 6.03 Å². The van der Waals surface area contributed by atoms with Crippen LogP contribution in [0.15, 0.2) is 0 Å². The van der Waals surface area contributed by atoms with Crippen molar-refractivity contribution >= 4 is 28.5 Å². The maximum Gasteiger partial charge on any atom is 0.319 e. The van der Waals surface area contributed by atoms with E-state index in [1.54, 1.807) is 0 Å². The molecular formula is C11H18N4O3S. The van der Waals surface area contributed by atoms with Crippen LogP contribution in [-0.4, -0.2) is 29.5 Å². The minimum absolute atomic E-state index is 0.116. The lowest BCUT2D eigenvalue weighted by Gasteiger charge is -2.06. The highest BCUT2D eigenvalue weighted by atomic mass is 32.1. The van der Waals surface area contributed by atoms with Gasteiger partial charge in [0.2, 0.25) is 5.88 Å². The fourth-order valence-corrected chi connectivity index (χ4v) is 2.00. The largest absolute Gasteiger partial charge is 0.476 e. The molecule has 0 unspecified atom stereocenters. The predicted octanol–water partition coefficient (Wildman–Crippen LogP) is 1.56. The van der Waals surface area contributed by atoms with E-state index in [0.717, 1.165) is 24.4 Å². The smallest absolute Gasteiger partial charge is 0.319 e. The summed E-state index contributed by atoms with van der Waals surface area (Å²) < 4.78 is 9.30. The molecule has 1 aromatic heterocycles. The number of hydrogen-bond acceptors (Lipinski definition) is 5. The Morgan fingerprint density at radius 3 is 2.68 bits per heavy atom. The van der Waals surface area contributed by atoms with Crippen molar-refractivity contribution < 1.29 is 14.3 Å². The number of nitrogens with one attached hydrogen (secondary N) is 2. The van der Waals surface area contributed by atoms with Crippen molar-refractivity contribution in [3.63, 3.8) is 0 Å². The van der Waals surface area contributed by atoms with Crippen molar-refractivity contribution in [1.82, 2.24) is 9.69 Å². The second kappa shape index (κ2) is 7.57. The highest BCUT2D eigenvalue weighted by molar-refractivity contribution is 7.11. The standard InChI is InChI=1S/C11H18N4O3S/c1-3-5-13-11(17)14-10-7(8(12)16)9(15-19-10)18-6-4-2/h3-6H2,1-2H3,(H2,12,16)(H2,13,14,17). The van der Waals surface area contributed by atoms with E-state index in [9.17, 15) is 9.59 Å². The minimum Gasteiger partial charge on any atom is -0.476 e. The summed E-state index contributed by atoms with van der Waals surface area (Å²) in [4.78, 5) is 22.9. The molecule has 0 aliphatic heterocycles. The molecule has 7 nitrogen and oxygen atoms in total. The lowest BCUT2D eigenvalue weighted by molar-refractivity contribution is 0.0997. The van der Waals surface area contributed by atoms with E-state index >= 15 is 0 Å². The molecule has 0 spiro atoms. The molecule has 4 N–H and O–H groups in total. The number of primary amides is 1. The summed E-state index contributed by atoms with van der Waals surface area (Å²) in [6, 6.07) is -0.393. The van der Waals surface area contributed by atoms with Gasteiger partial charge in [-0.3, -0.25) is 10.1 Å². The number of amides is 3. The minimum atomic E-state index is -0.675. The molecule has 0 saturated carbocycles. The van der Waals surface area contributed by atoms with E-state index in [2.05, 4.69) is 15.0 Å². The van der Waals surface area contributed by atoms with Crippen LogP contribution in [-0.2, 0) is 0 Å². The lowest BCUT2D eigenvalue weighted by atomic mass is 10.3. The molecule has 0 aliphatic rings. The molecule has 0 aliphatic carbocycles. The molecule has 1 heterocycles.